The molecule has 3 aliphatic rings. The van der Waals surface area contributed by atoms with Crippen molar-refractivity contribution in [3.8, 4) is 0 Å². The minimum Gasteiger partial charge on any atom is -0.445 e. The number of amides is 1. The first kappa shape index (κ1) is 30.5. The number of ether oxygens (including phenoxy) is 2. The van der Waals surface area contributed by atoms with Crippen LogP contribution in [0.25, 0.3) is 0 Å². The van der Waals surface area contributed by atoms with Crippen LogP contribution in [0.1, 0.15) is 57.8 Å². The van der Waals surface area contributed by atoms with E-state index < -0.39 is 86.3 Å². The number of aliphatic hydroxyl groups is 1. The Bertz CT molecular complexity index is 1750. The van der Waals surface area contributed by atoms with E-state index in [4.69, 9.17) is 35.7 Å². The van der Waals surface area contributed by atoms with Crippen molar-refractivity contribution < 1.29 is 51.9 Å². The quantitative estimate of drug-likeness (QED) is 0.182. The third-order valence-electron chi connectivity index (χ3n) is 7.34. The van der Waals surface area contributed by atoms with Gasteiger partial charge in [0.15, 0.2) is 0 Å². The third kappa shape index (κ3) is 5.35. The van der Waals surface area contributed by atoms with Crippen LogP contribution in [0.4, 0.5) is 9.18 Å². The molecule has 1 aliphatic carbocycles. The lowest BCUT2D eigenvalue weighted by Crippen LogP contribution is -2.34. The summed E-state index contributed by atoms with van der Waals surface area (Å²) < 4.78 is 49.5. The zero-order chi connectivity index (χ0) is 31.5. The lowest BCUT2D eigenvalue weighted by molar-refractivity contribution is -0.0486. The van der Waals surface area contributed by atoms with Crippen LogP contribution >= 0.6 is 7.82 Å². The van der Waals surface area contributed by atoms with Crippen molar-refractivity contribution in [3.05, 3.63) is 66.6 Å². The Hall–Kier alpha value is -3.97. The number of nitrogens with zero attached hydrogens (tertiary/aromatic N) is 2. The van der Waals surface area contributed by atoms with E-state index in [1.807, 2.05) is 0 Å². The maximum atomic E-state index is 13.7. The molecule has 0 radical (unpaired) electrons. The molecule has 9 N–H and O–H groups in total. The highest BCUT2D eigenvalue weighted by Crippen LogP contribution is 2.52. The molecule has 5 rings (SSSR count). The van der Waals surface area contributed by atoms with Gasteiger partial charge in [-0.05, 0) is 6.92 Å². The summed E-state index contributed by atoms with van der Waals surface area (Å²) >= 11 is 0. The van der Waals surface area contributed by atoms with Gasteiger partial charge in [0.25, 0.3) is 5.56 Å². The summed E-state index contributed by atoms with van der Waals surface area (Å²) in [6.45, 7) is -0.172. The molecule has 2 aromatic rings. The van der Waals surface area contributed by atoms with Crippen molar-refractivity contribution in [2.75, 3.05) is 6.61 Å². The number of carbonyl (C=O) groups excluding carboxylic acids is 3. The summed E-state index contributed by atoms with van der Waals surface area (Å²) in [4.78, 5) is 73.2. The maximum absolute atomic E-state index is 13.7. The summed E-state index contributed by atoms with van der Waals surface area (Å²) in [6.07, 6.45) is -6.23. The van der Waals surface area contributed by atoms with Crippen LogP contribution in [-0.2, 0) is 36.2 Å². The minimum atomic E-state index is -5.05. The molecule has 232 valence electrons. The van der Waals surface area contributed by atoms with Gasteiger partial charge in [0.1, 0.15) is 30.7 Å². The SMILES string of the molecule is CC1=C(N)C(=O)c2c(COC(N)=O)c3n(c2C1=O)CC(N)C3OP(=O)(O)OC[C@H]1O[C@@H](n2cc(F)c(=O)[nH]c2=O)C[C@@H]1O. The van der Waals surface area contributed by atoms with E-state index in [1.165, 1.54) is 11.5 Å². The molecule has 0 bridgehead atoms. The first-order valence-electron chi connectivity index (χ1n) is 12.6. The van der Waals surface area contributed by atoms with Gasteiger partial charge >= 0.3 is 19.6 Å². The number of halogens is 1. The Morgan fingerprint density at radius 2 is 1.98 bits per heavy atom. The van der Waals surface area contributed by atoms with Crippen molar-refractivity contribution >= 4 is 25.5 Å². The second-order valence-corrected chi connectivity index (χ2v) is 11.4. The number of phosphoric ester groups is 1. The van der Waals surface area contributed by atoms with E-state index >= 15 is 0 Å². The summed E-state index contributed by atoms with van der Waals surface area (Å²) in [5.41, 5.74) is 14.1. The van der Waals surface area contributed by atoms with E-state index in [2.05, 4.69) is 0 Å². The molecule has 4 heterocycles. The number of fused-ring (bicyclic) bond motifs is 3. The summed E-state index contributed by atoms with van der Waals surface area (Å²) in [7, 11) is -5.05. The normalized spacial score (nSPS) is 26.4. The molecule has 1 amide bonds. The molecular formula is C23H26FN6O12P. The number of carbonyl (C=O) groups is 3. The van der Waals surface area contributed by atoms with Crippen LogP contribution in [0, 0.1) is 5.82 Å². The van der Waals surface area contributed by atoms with E-state index in [0.717, 1.165) is 0 Å². The fourth-order valence-corrected chi connectivity index (χ4v) is 6.21. The highest BCUT2D eigenvalue weighted by atomic mass is 31.2. The number of aromatic amines is 1. The van der Waals surface area contributed by atoms with Crippen LogP contribution in [0.15, 0.2) is 27.1 Å². The fraction of sp³-hybridized carbons (Fsp3) is 0.435. The van der Waals surface area contributed by atoms with Gasteiger partial charge in [0.2, 0.25) is 17.4 Å². The number of H-pyrrole nitrogens is 1. The second kappa shape index (κ2) is 10.9. The van der Waals surface area contributed by atoms with Crippen LogP contribution < -0.4 is 28.5 Å². The molecule has 0 saturated carbocycles. The van der Waals surface area contributed by atoms with Crippen LogP contribution in [0.5, 0.6) is 0 Å². The van der Waals surface area contributed by atoms with Crippen molar-refractivity contribution in [1.29, 1.82) is 0 Å². The molecule has 43 heavy (non-hydrogen) atoms. The van der Waals surface area contributed by atoms with Crippen molar-refractivity contribution in [3.63, 3.8) is 0 Å². The molecule has 2 aliphatic heterocycles. The molecule has 1 saturated heterocycles. The van der Waals surface area contributed by atoms with Gasteiger partial charge in [-0.3, -0.25) is 33.0 Å². The molecule has 20 heteroatoms. The number of aliphatic hydroxyl groups excluding tert-OH is 1. The number of nitrogens with one attached hydrogen (secondary N) is 1. The van der Waals surface area contributed by atoms with Gasteiger partial charge in [-0.2, -0.15) is 4.39 Å². The Labute approximate surface area is 239 Å². The van der Waals surface area contributed by atoms with Crippen molar-refractivity contribution in [2.24, 2.45) is 17.2 Å². The number of primary amides is 1. The molecule has 0 spiro atoms. The Balaban J connectivity index is 1.37. The van der Waals surface area contributed by atoms with Gasteiger partial charge in [0, 0.05) is 24.1 Å². The topological polar surface area (TPSA) is 284 Å². The van der Waals surface area contributed by atoms with Gasteiger partial charge in [-0.25, -0.2) is 14.2 Å². The van der Waals surface area contributed by atoms with Gasteiger partial charge in [0.05, 0.1) is 41.9 Å². The summed E-state index contributed by atoms with van der Waals surface area (Å²) in [5.74, 6) is -2.63. The largest absolute Gasteiger partial charge is 0.472 e. The van der Waals surface area contributed by atoms with E-state index in [0.29, 0.717) is 10.8 Å². The van der Waals surface area contributed by atoms with Crippen molar-refractivity contribution in [2.45, 2.75) is 57.1 Å². The van der Waals surface area contributed by atoms with Gasteiger partial charge < -0.3 is 41.2 Å². The molecule has 18 nitrogen and oxygen atoms in total. The Morgan fingerprint density at radius 1 is 1.28 bits per heavy atom. The molecule has 3 unspecified atom stereocenters. The molecular weight excluding hydrogens is 602 g/mol. The molecule has 2 aromatic heterocycles. The average Bonchev–Trinajstić information content (AvgIpc) is 3.56. The predicted molar refractivity (Wildman–Crippen MR) is 138 cm³/mol. The first-order valence-corrected chi connectivity index (χ1v) is 14.1. The van der Waals surface area contributed by atoms with Crippen molar-refractivity contribution in [1.82, 2.24) is 14.1 Å². The number of hydrogen-bond donors (Lipinski definition) is 6. The molecule has 1 fully saturated rings. The summed E-state index contributed by atoms with van der Waals surface area (Å²) in [6, 6.07) is -1.05. The number of ketones is 2. The highest BCUT2D eigenvalue weighted by molar-refractivity contribution is 7.47. The van der Waals surface area contributed by atoms with Crippen LogP contribution in [0.3, 0.4) is 0 Å². The van der Waals surface area contributed by atoms with Gasteiger partial charge in [-0.1, -0.05) is 0 Å². The number of nitrogens with two attached hydrogens (primary N) is 3. The predicted octanol–water partition coefficient (Wildman–Crippen LogP) is -1.45. The molecule has 6 atom stereocenters. The molecule has 0 aromatic carbocycles. The summed E-state index contributed by atoms with van der Waals surface area (Å²) in [5, 5.41) is 10.4. The number of hydrogen-bond acceptors (Lipinski definition) is 13. The first-order chi connectivity index (χ1) is 20.1. The number of aromatic nitrogens is 3. The number of rotatable bonds is 8. The van der Waals surface area contributed by atoms with Gasteiger partial charge in [-0.15, -0.1) is 0 Å². The Morgan fingerprint density at radius 3 is 2.65 bits per heavy atom. The smallest absolute Gasteiger partial charge is 0.445 e. The van der Waals surface area contributed by atoms with E-state index in [1.54, 1.807) is 4.98 Å². The van der Waals surface area contributed by atoms with E-state index in [-0.39, 0.29) is 46.8 Å². The minimum absolute atomic E-state index is 0.0162. The second-order valence-electron chi connectivity index (χ2n) is 10.0. The zero-order valence-corrected chi connectivity index (χ0v) is 23.1. The average molecular weight is 628 g/mol. The standard InChI is InChI=1S/C23H26FN6O12P/c1-7-15(26)19(33)14-8(5-39-22(27)35)16-20(10(25)4-30(16)17(14)18(7)32)42-43(37,38)40-6-12-11(31)2-13(41-12)29-3-9(24)21(34)28-23(29)36/h3,10-13,20,31H,2,4-6,25-26H2,1H3,(H2,27,35)(H,37,38)(H,28,34,36)/t10?,11-,12+,13+,20?/m0/s1. The number of allylic oxidation sites excluding steroid dienone is 2. The Kier molecular flexibility index (Phi) is 7.76. The highest BCUT2D eigenvalue weighted by Gasteiger charge is 2.47. The van der Waals surface area contributed by atoms with Crippen LogP contribution in [-0.4, -0.2) is 66.6 Å². The fourth-order valence-electron chi connectivity index (χ4n) is 5.27. The van der Waals surface area contributed by atoms with E-state index in [9.17, 15) is 42.9 Å². The third-order valence-corrected chi connectivity index (χ3v) is 8.31. The monoisotopic (exact) mass is 628 g/mol. The lowest BCUT2D eigenvalue weighted by Gasteiger charge is -2.23. The number of Topliss-reactive ketones (excluding diaryl/α,β-unsaturated/α-hetero) is 2. The lowest BCUT2D eigenvalue weighted by atomic mass is 9.89. The maximum Gasteiger partial charge on any atom is 0.472 e. The zero-order valence-electron chi connectivity index (χ0n) is 22.2. The van der Waals surface area contributed by atoms with Crippen LogP contribution in [0.2, 0.25) is 0 Å². The number of phosphoric acid groups is 1.